The summed E-state index contributed by atoms with van der Waals surface area (Å²) < 4.78 is 19.9. The van der Waals surface area contributed by atoms with E-state index in [9.17, 15) is 9.00 Å². The van der Waals surface area contributed by atoms with Crippen molar-refractivity contribution in [2.24, 2.45) is 0 Å². The molecule has 0 saturated heterocycles. The summed E-state index contributed by atoms with van der Waals surface area (Å²) in [7, 11) is -1.69. The zero-order valence-electron chi connectivity index (χ0n) is 15.0. The van der Waals surface area contributed by atoms with Crippen LogP contribution in [0.25, 0.3) is 0 Å². The number of aryl methyl sites for hydroxylation is 3. The zero-order chi connectivity index (χ0) is 18.1. The smallest absolute Gasteiger partial charge is 0.263 e. The van der Waals surface area contributed by atoms with Crippen LogP contribution in [0.5, 0.6) is 0 Å². The first-order chi connectivity index (χ1) is 11.2. The maximum atomic E-state index is 12.4. The van der Waals surface area contributed by atoms with E-state index in [1.165, 1.54) is 5.56 Å². The maximum Gasteiger partial charge on any atom is 0.263 e. The van der Waals surface area contributed by atoms with Crippen LogP contribution in [0.2, 0.25) is 0 Å². The number of carbonyl (C=O) groups excluding carboxylic acids is 1. The second kappa shape index (κ2) is 6.89. The molecule has 24 heavy (non-hydrogen) atoms. The highest BCUT2D eigenvalue weighted by Crippen LogP contribution is 2.29. The Balaban J connectivity index is 2.22. The van der Waals surface area contributed by atoms with Crippen molar-refractivity contribution in [1.82, 2.24) is 9.88 Å². The average Bonchev–Trinajstić information content (AvgIpc) is 2.85. The highest BCUT2D eigenvalue weighted by atomic mass is 32.2. The van der Waals surface area contributed by atoms with Gasteiger partial charge in [-0.1, -0.05) is 32.0 Å². The summed E-state index contributed by atoms with van der Waals surface area (Å²) in [6.07, 6.45) is 1.01. The number of rotatable bonds is 5. The van der Waals surface area contributed by atoms with Crippen molar-refractivity contribution in [3.8, 4) is 0 Å². The van der Waals surface area contributed by atoms with E-state index in [0.29, 0.717) is 21.9 Å². The number of nitrogens with one attached hydrogen (secondary N) is 1. The maximum absolute atomic E-state index is 12.4. The lowest BCUT2D eigenvalue weighted by molar-refractivity contribution is 0.0982. The van der Waals surface area contributed by atoms with Gasteiger partial charge in [-0.25, -0.2) is 4.21 Å². The fourth-order valence-electron chi connectivity index (χ4n) is 2.69. The Labute approximate surface area is 145 Å². The number of aromatic nitrogens is 1. The largest absolute Gasteiger partial charge is 0.360 e. The van der Waals surface area contributed by atoms with Crippen LogP contribution in [0.1, 0.15) is 60.1 Å². The molecule has 130 valence electrons. The highest BCUT2D eigenvalue weighted by Gasteiger charge is 2.22. The van der Waals surface area contributed by atoms with Crippen LogP contribution in [0, 0.1) is 20.8 Å². The van der Waals surface area contributed by atoms with Crippen LogP contribution in [0.4, 0.5) is 0 Å². The monoisotopic (exact) mass is 348 g/mol. The molecule has 0 saturated carbocycles. The Morgan fingerprint density at radius 2 is 1.96 bits per heavy atom. The van der Waals surface area contributed by atoms with Crippen LogP contribution in [0.15, 0.2) is 27.6 Å². The molecular formula is C18H24N2O3S. The normalized spacial score (nSPS) is 12.9. The first-order valence-electron chi connectivity index (χ1n) is 7.94. The van der Waals surface area contributed by atoms with Crippen molar-refractivity contribution in [2.75, 3.05) is 0 Å². The molecule has 6 heteroatoms. The molecule has 0 radical (unpaired) electrons. The van der Waals surface area contributed by atoms with E-state index < -0.39 is 11.0 Å². The number of benzene rings is 1. The Hall–Kier alpha value is -1.95. The fourth-order valence-corrected chi connectivity index (χ4v) is 3.68. The van der Waals surface area contributed by atoms with E-state index in [-0.39, 0.29) is 11.3 Å². The molecule has 5 nitrogen and oxygen atoms in total. The predicted octanol–water partition coefficient (Wildman–Crippen LogP) is 3.74. The second-order valence-electron chi connectivity index (χ2n) is 6.62. The van der Waals surface area contributed by atoms with Gasteiger partial charge in [0.15, 0.2) is 16.7 Å². The van der Waals surface area contributed by atoms with Crippen LogP contribution < -0.4 is 4.72 Å². The summed E-state index contributed by atoms with van der Waals surface area (Å²) in [5, 5.41) is 3.76. The van der Waals surface area contributed by atoms with E-state index >= 15 is 0 Å². The Bertz CT molecular complexity index is 774. The molecule has 1 atom stereocenters. The van der Waals surface area contributed by atoms with Gasteiger partial charge in [-0.05, 0) is 55.9 Å². The van der Waals surface area contributed by atoms with E-state index in [2.05, 4.69) is 30.6 Å². The number of carbonyl (C=O) groups is 1. The predicted molar refractivity (Wildman–Crippen MR) is 94.3 cm³/mol. The fraction of sp³-hybridized carbons (Fsp3) is 0.444. The van der Waals surface area contributed by atoms with Gasteiger partial charge in [-0.2, -0.15) is 0 Å². The minimum absolute atomic E-state index is 0.0542. The molecule has 0 aliphatic rings. The lowest BCUT2D eigenvalue weighted by atomic mass is 9.79. The van der Waals surface area contributed by atoms with Gasteiger partial charge in [0.1, 0.15) is 4.90 Å². The SMILES string of the molecule is CCC(C)(C)c1ccc(C(=O)NS(=O)c2c(C)noc2C)cc1C. The third-order valence-electron chi connectivity index (χ3n) is 4.44. The Morgan fingerprint density at radius 1 is 1.29 bits per heavy atom. The molecule has 2 aromatic rings. The molecule has 1 aromatic heterocycles. The Kier molecular flexibility index (Phi) is 5.28. The third kappa shape index (κ3) is 3.59. The average molecular weight is 348 g/mol. The zero-order valence-corrected chi connectivity index (χ0v) is 15.8. The van der Waals surface area contributed by atoms with Crippen molar-refractivity contribution in [3.05, 3.63) is 46.3 Å². The van der Waals surface area contributed by atoms with Crippen molar-refractivity contribution >= 4 is 16.9 Å². The summed E-state index contributed by atoms with van der Waals surface area (Å²) in [4.78, 5) is 12.8. The van der Waals surface area contributed by atoms with E-state index in [1.807, 2.05) is 19.1 Å². The van der Waals surface area contributed by atoms with Crippen LogP contribution in [-0.4, -0.2) is 15.3 Å². The number of nitrogens with zero attached hydrogens (tertiary/aromatic N) is 1. The van der Waals surface area contributed by atoms with Crippen LogP contribution in [-0.2, 0) is 16.4 Å². The molecule has 2 rings (SSSR count). The molecule has 1 heterocycles. The van der Waals surface area contributed by atoms with E-state index in [1.54, 1.807) is 19.9 Å². The minimum atomic E-state index is -1.69. The van der Waals surface area contributed by atoms with Gasteiger partial charge in [0.2, 0.25) is 0 Å². The summed E-state index contributed by atoms with van der Waals surface area (Å²) in [5.41, 5.74) is 3.33. The molecule has 0 fully saturated rings. The van der Waals surface area contributed by atoms with Crippen LogP contribution >= 0.6 is 0 Å². The molecule has 1 amide bonds. The van der Waals surface area contributed by atoms with E-state index in [4.69, 9.17) is 4.52 Å². The van der Waals surface area contributed by atoms with E-state index in [0.717, 1.165) is 12.0 Å². The Morgan fingerprint density at radius 3 is 2.46 bits per heavy atom. The summed E-state index contributed by atoms with van der Waals surface area (Å²) >= 11 is 0. The molecule has 0 aliphatic heterocycles. The molecule has 1 N–H and O–H groups in total. The number of amides is 1. The topological polar surface area (TPSA) is 72.2 Å². The molecule has 0 aliphatic carbocycles. The van der Waals surface area contributed by atoms with Crippen molar-refractivity contribution < 1.29 is 13.5 Å². The number of hydrogen-bond donors (Lipinski definition) is 1. The summed E-state index contributed by atoms with van der Waals surface area (Å²) in [6.45, 7) is 11.9. The lowest BCUT2D eigenvalue weighted by Gasteiger charge is -2.25. The van der Waals surface area contributed by atoms with Crippen LogP contribution in [0.3, 0.4) is 0 Å². The first kappa shape index (κ1) is 18.4. The second-order valence-corrected chi connectivity index (χ2v) is 7.77. The third-order valence-corrected chi connectivity index (χ3v) is 5.76. The molecular weight excluding hydrogens is 324 g/mol. The van der Waals surface area contributed by atoms with Gasteiger partial charge in [0.05, 0.1) is 5.69 Å². The minimum Gasteiger partial charge on any atom is -0.360 e. The molecule has 0 spiro atoms. The van der Waals surface area contributed by atoms with Gasteiger partial charge in [0, 0.05) is 5.56 Å². The standard InChI is InChI=1S/C18H24N2O3S/c1-7-18(5,6)15-9-8-14(10-11(15)2)17(21)20-24(22)16-12(3)19-23-13(16)4/h8-10H,7H2,1-6H3,(H,20,21). The molecule has 0 bridgehead atoms. The van der Waals surface area contributed by atoms with Gasteiger partial charge in [-0.15, -0.1) is 0 Å². The summed E-state index contributed by atoms with van der Waals surface area (Å²) in [5.74, 6) is 0.0691. The van der Waals surface area contributed by atoms with Crippen molar-refractivity contribution in [2.45, 2.75) is 58.3 Å². The molecule has 1 unspecified atom stereocenters. The van der Waals surface area contributed by atoms with Gasteiger partial charge in [-0.3, -0.25) is 9.52 Å². The van der Waals surface area contributed by atoms with Crippen molar-refractivity contribution in [3.63, 3.8) is 0 Å². The summed E-state index contributed by atoms with van der Waals surface area (Å²) in [6, 6.07) is 5.60. The highest BCUT2D eigenvalue weighted by molar-refractivity contribution is 7.83. The first-order valence-corrected chi connectivity index (χ1v) is 9.09. The number of hydrogen-bond acceptors (Lipinski definition) is 4. The quantitative estimate of drug-likeness (QED) is 0.893. The van der Waals surface area contributed by atoms with Gasteiger partial charge in [0.25, 0.3) is 5.91 Å². The molecule has 1 aromatic carbocycles. The van der Waals surface area contributed by atoms with Crippen molar-refractivity contribution in [1.29, 1.82) is 0 Å². The van der Waals surface area contributed by atoms with Gasteiger partial charge < -0.3 is 4.52 Å². The lowest BCUT2D eigenvalue weighted by Crippen LogP contribution is -2.27. The van der Waals surface area contributed by atoms with Gasteiger partial charge >= 0.3 is 0 Å².